The molecule has 1 atom stereocenters. The fraction of sp³-hybridized carbons (Fsp3) is 0.467. The molecule has 1 aromatic rings. The summed E-state index contributed by atoms with van der Waals surface area (Å²) in [7, 11) is -3.98. The van der Waals surface area contributed by atoms with Crippen molar-refractivity contribution >= 4 is 48.5 Å². The molecule has 1 aromatic carbocycles. The number of nitrogens with one attached hydrogen (secondary N) is 2. The molecule has 2 N–H and O–H groups in total. The smallest absolute Gasteiger partial charge is 0.364 e. The maximum atomic E-state index is 12.9. The highest BCUT2D eigenvalue weighted by atomic mass is 35.5. The highest BCUT2D eigenvalue weighted by molar-refractivity contribution is 7.55. The Bertz CT molecular complexity index is 678. The van der Waals surface area contributed by atoms with Gasteiger partial charge in [0, 0.05) is 5.69 Å². The van der Waals surface area contributed by atoms with E-state index in [1.54, 1.807) is 20.8 Å². The number of hydrogen-bond acceptors (Lipinski definition) is 6. The monoisotopic (exact) mass is 426 g/mol. The van der Waals surface area contributed by atoms with Crippen molar-refractivity contribution in [3.05, 3.63) is 28.2 Å². The van der Waals surface area contributed by atoms with E-state index in [4.69, 9.17) is 37.0 Å². The summed E-state index contributed by atoms with van der Waals surface area (Å²) in [6, 6.07) is 3.61. The van der Waals surface area contributed by atoms with Gasteiger partial charge in [-0.25, -0.2) is 9.59 Å². The van der Waals surface area contributed by atoms with Gasteiger partial charge in [0.15, 0.2) is 0 Å². The van der Waals surface area contributed by atoms with Crippen molar-refractivity contribution in [1.29, 1.82) is 0 Å². The molecule has 8 nitrogen and oxygen atoms in total. The minimum atomic E-state index is -3.98. The highest BCUT2D eigenvalue weighted by Gasteiger charge is 2.43. The quantitative estimate of drug-likeness (QED) is 0.451. The molecule has 0 aliphatic rings. The van der Waals surface area contributed by atoms with Gasteiger partial charge in [-0.1, -0.05) is 23.2 Å². The molecule has 0 fully saturated rings. The molecule has 1 rings (SSSR count). The lowest BCUT2D eigenvalue weighted by Crippen LogP contribution is -2.44. The van der Waals surface area contributed by atoms with E-state index >= 15 is 0 Å². The molecule has 26 heavy (non-hydrogen) atoms. The van der Waals surface area contributed by atoms with Crippen LogP contribution in [0, 0.1) is 0 Å². The number of benzene rings is 1. The highest BCUT2D eigenvalue weighted by Crippen LogP contribution is 2.52. The standard InChI is InChI=1S/C15H21Cl2N2O6P/c1-4-23-14(20)13(26(22,24-5-2)25-6-3)19-15(21)18-10-7-8-11(16)12(17)9-10/h7-9,13H,4-6H2,1-3H3,(H2,18,19,21)/t13-/m0/s1. The molecule has 0 unspecified atom stereocenters. The Morgan fingerprint density at radius 2 is 1.69 bits per heavy atom. The van der Waals surface area contributed by atoms with E-state index in [0.717, 1.165) is 0 Å². The minimum absolute atomic E-state index is 0.0171. The van der Waals surface area contributed by atoms with E-state index in [2.05, 4.69) is 10.6 Å². The Morgan fingerprint density at radius 1 is 1.08 bits per heavy atom. The number of ether oxygens (including phenoxy) is 1. The number of anilines is 1. The van der Waals surface area contributed by atoms with E-state index in [-0.39, 0.29) is 24.8 Å². The van der Waals surface area contributed by atoms with Crippen molar-refractivity contribution in [3.8, 4) is 0 Å². The largest absolute Gasteiger partial charge is 0.464 e. The lowest BCUT2D eigenvalue weighted by Gasteiger charge is -2.25. The molecular weight excluding hydrogens is 406 g/mol. The number of esters is 1. The first-order valence-corrected chi connectivity index (χ1v) is 10.2. The van der Waals surface area contributed by atoms with Gasteiger partial charge < -0.3 is 24.4 Å². The number of carbonyl (C=O) groups excluding carboxylic acids is 2. The zero-order valence-electron chi connectivity index (χ0n) is 14.6. The van der Waals surface area contributed by atoms with Crippen LogP contribution in [0.5, 0.6) is 0 Å². The van der Waals surface area contributed by atoms with Gasteiger partial charge in [0.2, 0.25) is 5.78 Å². The SMILES string of the molecule is CCOC(=O)[C@@H](NC(=O)Nc1ccc(Cl)c(Cl)c1)P(=O)(OCC)OCC. The molecule has 0 aliphatic heterocycles. The first-order valence-electron chi connectivity index (χ1n) is 7.85. The van der Waals surface area contributed by atoms with Crippen molar-refractivity contribution in [2.45, 2.75) is 26.6 Å². The number of carbonyl (C=O) groups is 2. The summed E-state index contributed by atoms with van der Waals surface area (Å²) in [5.74, 6) is -2.55. The lowest BCUT2D eigenvalue weighted by molar-refractivity contribution is -0.143. The number of amides is 2. The zero-order chi connectivity index (χ0) is 19.7. The molecule has 0 bridgehead atoms. The predicted molar refractivity (Wildman–Crippen MR) is 99.9 cm³/mol. The number of rotatable bonds is 9. The normalized spacial score (nSPS) is 12.3. The molecule has 0 saturated heterocycles. The second kappa shape index (κ2) is 10.7. The predicted octanol–water partition coefficient (Wildman–Crippen LogP) is 4.27. The van der Waals surface area contributed by atoms with E-state index in [9.17, 15) is 14.2 Å². The minimum Gasteiger partial charge on any atom is -0.464 e. The first-order chi connectivity index (χ1) is 12.3. The van der Waals surface area contributed by atoms with Gasteiger partial charge in [-0.15, -0.1) is 0 Å². The van der Waals surface area contributed by atoms with Crippen LogP contribution in [0.3, 0.4) is 0 Å². The molecule has 0 aromatic heterocycles. The van der Waals surface area contributed by atoms with Crippen LogP contribution in [0.1, 0.15) is 20.8 Å². The third-order valence-corrected chi connectivity index (χ3v) is 5.84. The van der Waals surface area contributed by atoms with Crippen LogP contribution in [-0.2, 0) is 23.1 Å². The molecule has 0 saturated carbocycles. The fourth-order valence-corrected chi connectivity index (χ4v) is 3.90. The number of hydrogen-bond donors (Lipinski definition) is 2. The molecule has 2 amide bonds. The fourth-order valence-electron chi connectivity index (χ4n) is 1.90. The molecule has 11 heteroatoms. The van der Waals surface area contributed by atoms with Crippen LogP contribution in [0.4, 0.5) is 10.5 Å². The lowest BCUT2D eigenvalue weighted by atomic mass is 10.3. The second-order valence-corrected chi connectivity index (χ2v) is 7.68. The van der Waals surface area contributed by atoms with E-state index in [1.165, 1.54) is 18.2 Å². The summed E-state index contributed by atoms with van der Waals surface area (Å²) in [4.78, 5) is 24.4. The summed E-state index contributed by atoms with van der Waals surface area (Å²) >= 11 is 11.7. The summed E-state index contributed by atoms with van der Waals surface area (Å²) in [6.45, 7) is 4.82. The summed E-state index contributed by atoms with van der Waals surface area (Å²) < 4.78 is 28.0. The summed E-state index contributed by atoms with van der Waals surface area (Å²) in [5.41, 5.74) is 0.321. The van der Waals surface area contributed by atoms with Crippen molar-refractivity contribution in [1.82, 2.24) is 5.32 Å². The molecule has 0 radical (unpaired) electrons. The van der Waals surface area contributed by atoms with Gasteiger partial charge in [-0.05, 0) is 39.0 Å². The van der Waals surface area contributed by atoms with Gasteiger partial charge in [0.05, 0.1) is 29.9 Å². The van der Waals surface area contributed by atoms with Crippen LogP contribution in [0.2, 0.25) is 10.0 Å². The molecule has 0 spiro atoms. The number of halogens is 2. The molecule has 0 aliphatic carbocycles. The second-order valence-electron chi connectivity index (χ2n) is 4.76. The summed E-state index contributed by atoms with van der Waals surface area (Å²) in [5, 5.41) is 5.30. The van der Waals surface area contributed by atoms with Crippen LogP contribution >= 0.6 is 30.8 Å². The Morgan fingerprint density at radius 3 is 2.19 bits per heavy atom. The average Bonchev–Trinajstić information content (AvgIpc) is 2.56. The van der Waals surface area contributed by atoms with Crippen molar-refractivity contribution < 1.29 is 27.9 Å². The van der Waals surface area contributed by atoms with Crippen LogP contribution in [-0.4, -0.2) is 37.6 Å². The van der Waals surface area contributed by atoms with Crippen LogP contribution in [0.25, 0.3) is 0 Å². The first kappa shape index (κ1) is 22.7. The van der Waals surface area contributed by atoms with Crippen molar-refractivity contribution in [3.63, 3.8) is 0 Å². The molecular formula is C15H21Cl2N2O6P. The van der Waals surface area contributed by atoms with Gasteiger partial charge in [0.1, 0.15) is 0 Å². The van der Waals surface area contributed by atoms with Crippen LogP contribution in [0.15, 0.2) is 18.2 Å². The average molecular weight is 427 g/mol. The third kappa shape index (κ3) is 6.45. The van der Waals surface area contributed by atoms with Gasteiger partial charge >= 0.3 is 19.6 Å². The third-order valence-electron chi connectivity index (χ3n) is 2.89. The Hall–Kier alpha value is -1.31. The maximum absolute atomic E-state index is 12.9. The van der Waals surface area contributed by atoms with Gasteiger partial charge in [-0.2, -0.15) is 0 Å². The van der Waals surface area contributed by atoms with Crippen LogP contribution < -0.4 is 10.6 Å². The van der Waals surface area contributed by atoms with Crippen molar-refractivity contribution in [2.24, 2.45) is 0 Å². The van der Waals surface area contributed by atoms with Gasteiger partial charge in [0.25, 0.3) is 0 Å². The summed E-state index contributed by atoms with van der Waals surface area (Å²) in [6.07, 6.45) is 0. The van der Waals surface area contributed by atoms with Crippen molar-refractivity contribution in [2.75, 3.05) is 25.1 Å². The van der Waals surface area contributed by atoms with Gasteiger partial charge in [-0.3, -0.25) is 4.57 Å². The number of urea groups is 1. The Labute approximate surface area is 162 Å². The zero-order valence-corrected chi connectivity index (χ0v) is 17.0. The van der Waals surface area contributed by atoms with E-state index in [1.807, 2.05) is 0 Å². The van der Waals surface area contributed by atoms with E-state index < -0.39 is 25.4 Å². The Kier molecular flexibility index (Phi) is 9.39. The molecule has 146 valence electrons. The Balaban J connectivity index is 2.99. The topological polar surface area (TPSA) is 103 Å². The molecule has 0 heterocycles. The maximum Gasteiger partial charge on any atom is 0.364 e. The van der Waals surface area contributed by atoms with E-state index in [0.29, 0.717) is 10.7 Å².